The molecule has 0 unspecified atom stereocenters. The van der Waals surface area contributed by atoms with Crippen LogP contribution in [0.4, 0.5) is 0 Å². The molecule has 1 amide bonds. The molecule has 0 N–H and O–H groups in total. The zero-order valence-electron chi connectivity index (χ0n) is 14.1. The standard InChI is InChI=1S/C17H17NO7S/c1-22-16(20)8-15-18(14(19)9-26-15)5-2-6-23-17(21)11-3-4-12-13(7-11)25-10-24-12/h3-4,7-8H,2,5-6,9-10H2,1H3/b15-8+. The highest BCUT2D eigenvalue weighted by atomic mass is 32.2. The van der Waals surface area contributed by atoms with Crippen LogP contribution >= 0.6 is 11.8 Å². The molecule has 1 aromatic rings. The molecule has 8 nitrogen and oxygen atoms in total. The number of esters is 2. The van der Waals surface area contributed by atoms with Crippen LogP contribution in [0.25, 0.3) is 0 Å². The number of carbonyl (C=O) groups is 3. The number of methoxy groups -OCH3 is 1. The zero-order chi connectivity index (χ0) is 18.5. The summed E-state index contributed by atoms with van der Waals surface area (Å²) in [7, 11) is 1.28. The minimum Gasteiger partial charge on any atom is -0.466 e. The van der Waals surface area contributed by atoms with E-state index in [2.05, 4.69) is 4.74 Å². The van der Waals surface area contributed by atoms with E-state index in [1.54, 1.807) is 18.2 Å². The van der Waals surface area contributed by atoms with Crippen molar-refractivity contribution in [1.29, 1.82) is 0 Å². The van der Waals surface area contributed by atoms with Crippen molar-refractivity contribution in [1.82, 2.24) is 4.90 Å². The summed E-state index contributed by atoms with van der Waals surface area (Å²) >= 11 is 1.28. The summed E-state index contributed by atoms with van der Waals surface area (Å²) in [6.07, 6.45) is 1.73. The Kier molecular flexibility index (Phi) is 5.67. The summed E-state index contributed by atoms with van der Waals surface area (Å²) in [5, 5.41) is 0.545. The fourth-order valence-electron chi connectivity index (χ4n) is 2.42. The van der Waals surface area contributed by atoms with E-state index in [0.717, 1.165) is 0 Å². The molecule has 0 aromatic heterocycles. The molecule has 2 aliphatic heterocycles. The third kappa shape index (κ3) is 4.10. The minimum absolute atomic E-state index is 0.0905. The van der Waals surface area contributed by atoms with Gasteiger partial charge in [0.2, 0.25) is 12.7 Å². The third-order valence-electron chi connectivity index (χ3n) is 3.72. The number of fused-ring (bicyclic) bond motifs is 1. The SMILES string of the molecule is COC(=O)/C=C1/SCC(=O)N1CCCOC(=O)c1ccc2c(c1)OCO2. The molecular weight excluding hydrogens is 362 g/mol. The van der Waals surface area contributed by atoms with E-state index in [1.807, 2.05) is 0 Å². The first-order valence-electron chi connectivity index (χ1n) is 7.88. The highest BCUT2D eigenvalue weighted by molar-refractivity contribution is 8.04. The topological polar surface area (TPSA) is 91.4 Å². The number of rotatable bonds is 6. The fourth-order valence-corrected chi connectivity index (χ4v) is 3.38. The van der Waals surface area contributed by atoms with Gasteiger partial charge in [-0.2, -0.15) is 0 Å². The van der Waals surface area contributed by atoms with Crippen molar-refractivity contribution in [2.75, 3.05) is 32.8 Å². The lowest BCUT2D eigenvalue weighted by molar-refractivity contribution is -0.134. The van der Waals surface area contributed by atoms with Gasteiger partial charge in [-0.15, -0.1) is 0 Å². The maximum Gasteiger partial charge on any atom is 0.338 e. The van der Waals surface area contributed by atoms with Crippen LogP contribution in [0.5, 0.6) is 11.5 Å². The number of carbonyl (C=O) groups excluding carboxylic acids is 3. The first-order chi connectivity index (χ1) is 12.6. The lowest BCUT2D eigenvalue weighted by atomic mass is 10.2. The van der Waals surface area contributed by atoms with Crippen LogP contribution in [-0.4, -0.2) is 55.6 Å². The average Bonchev–Trinajstić information content (AvgIpc) is 3.25. The van der Waals surface area contributed by atoms with Gasteiger partial charge in [0.1, 0.15) is 0 Å². The second-order valence-electron chi connectivity index (χ2n) is 5.40. The Morgan fingerprint density at radius 3 is 2.92 bits per heavy atom. The van der Waals surface area contributed by atoms with E-state index >= 15 is 0 Å². The molecule has 2 aliphatic rings. The number of nitrogens with zero attached hydrogens (tertiary/aromatic N) is 1. The Balaban J connectivity index is 1.48. The van der Waals surface area contributed by atoms with E-state index in [0.29, 0.717) is 35.1 Å². The van der Waals surface area contributed by atoms with Crippen LogP contribution in [0.2, 0.25) is 0 Å². The summed E-state index contributed by atoms with van der Waals surface area (Å²) in [6, 6.07) is 4.83. The molecule has 1 saturated heterocycles. The Morgan fingerprint density at radius 1 is 1.31 bits per heavy atom. The largest absolute Gasteiger partial charge is 0.466 e. The van der Waals surface area contributed by atoms with Gasteiger partial charge < -0.3 is 23.8 Å². The minimum atomic E-state index is -0.513. The maximum absolute atomic E-state index is 12.1. The van der Waals surface area contributed by atoms with E-state index < -0.39 is 11.9 Å². The summed E-state index contributed by atoms with van der Waals surface area (Å²) < 4.78 is 20.2. The zero-order valence-corrected chi connectivity index (χ0v) is 14.9. The number of ether oxygens (including phenoxy) is 4. The Bertz CT molecular complexity index is 761. The molecule has 0 spiro atoms. The molecule has 26 heavy (non-hydrogen) atoms. The van der Waals surface area contributed by atoms with E-state index in [4.69, 9.17) is 14.2 Å². The van der Waals surface area contributed by atoms with E-state index in [9.17, 15) is 14.4 Å². The number of hydrogen-bond donors (Lipinski definition) is 0. The summed E-state index contributed by atoms with van der Waals surface area (Å²) in [4.78, 5) is 36.8. The molecule has 3 rings (SSSR count). The van der Waals surface area contributed by atoms with Crippen LogP contribution in [-0.2, 0) is 19.1 Å². The fraction of sp³-hybridized carbons (Fsp3) is 0.353. The summed E-state index contributed by atoms with van der Waals surface area (Å²) in [5.41, 5.74) is 0.369. The van der Waals surface area contributed by atoms with Gasteiger partial charge >= 0.3 is 11.9 Å². The molecule has 0 saturated carbocycles. The predicted octanol–water partition coefficient (Wildman–Crippen LogP) is 1.55. The summed E-state index contributed by atoms with van der Waals surface area (Å²) in [5.74, 6) is 0.303. The predicted molar refractivity (Wildman–Crippen MR) is 91.7 cm³/mol. The van der Waals surface area contributed by atoms with Crippen molar-refractivity contribution in [2.24, 2.45) is 0 Å². The lowest BCUT2D eigenvalue weighted by Crippen LogP contribution is -2.27. The van der Waals surface area contributed by atoms with Gasteiger partial charge in [-0.25, -0.2) is 9.59 Å². The van der Waals surface area contributed by atoms with Gasteiger partial charge in [0, 0.05) is 6.54 Å². The molecule has 0 aliphatic carbocycles. The molecule has 0 bridgehead atoms. The van der Waals surface area contributed by atoms with Crippen molar-refractivity contribution in [3.05, 3.63) is 34.9 Å². The maximum atomic E-state index is 12.1. The van der Waals surface area contributed by atoms with Gasteiger partial charge in [-0.1, -0.05) is 11.8 Å². The van der Waals surface area contributed by atoms with Gasteiger partial charge in [0.05, 0.1) is 36.1 Å². The second kappa shape index (κ2) is 8.13. The molecule has 1 fully saturated rings. The Labute approximate surface area is 154 Å². The number of hydrogen-bond acceptors (Lipinski definition) is 8. The number of amides is 1. The van der Waals surface area contributed by atoms with Crippen LogP contribution in [0.15, 0.2) is 29.3 Å². The first kappa shape index (κ1) is 18.1. The monoisotopic (exact) mass is 379 g/mol. The first-order valence-corrected chi connectivity index (χ1v) is 8.86. The van der Waals surface area contributed by atoms with Gasteiger partial charge in [-0.3, -0.25) is 4.79 Å². The molecular formula is C17H17NO7S. The van der Waals surface area contributed by atoms with Gasteiger partial charge in [-0.05, 0) is 24.6 Å². The average molecular weight is 379 g/mol. The van der Waals surface area contributed by atoms with Crippen molar-refractivity contribution in [2.45, 2.75) is 6.42 Å². The van der Waals surface area contributed by atoms with Gasteiger partial charge in [0.15, 0.2) is 11.5 Å². The number of thioether (sulfide) groups is 1. The quantitative estimate of drug-likeness (QED) is 0.418. The number of benzene rings is 1. The lowest BCUT2D eigenvalue weighted by Gasteiger charge is -2.16. The molecule has 138 valence electrons. The van der Waals surface area contributed by atoms with Gasteiger partial charge in [0.25, 0.3) is 0 Å². The summed E-state index contributed by atoms with van der Waals surface area (Å²) in [6.45, 7) is 0.632. The molecule has 0 radical (unpaired) electrons. The smallest absolute Gasteiger partial charge is 0.338 e. The van der Waals surface area contributed by atoms with Crippen molar-refractivity contribution >= 4 is 29.6 Å². The van der Waals surface area contributed by atoms with E-state index in [-0.39, 0.29) is 25.1 Å². The van der Waals surface area contributed by atoms with Crippen molar-refractivity contribution in [3.8, 4) is 11.5 Å². The van der Waals surface area contributed by atoms with Crippen LogP contribution in [0.1, 0.15) is 16.8 Å². The van der Waals surface area contributed by atoms with Crippen molar-refractivity contribution < 1.29 is 33.3 Å². The molecule has 1 aromatic carbocycles. The molecule has 9 heteroatoms. The van der Waals surface area contributed by atoms with Crippen molar-refractivity contribution in [3.63, 3.8) is 0 Å². The second-order valence-corrected chi connectivity index (χ2v) is 6.39. The molecule has 0 atom stereocenters. The third-order valence-corrected chi connectivity index (χ3v) is 4.75. The van der Waals surface area contributed by atoms with Crippen LogP contribution in [0.3, 0.4) is 0 Å². The highest BCUT2D eigenvalue weighted by Gasteiger charge is 2.27. The Hall–Kier alpha value is -2.68. The highest BCUT2D eigenvalue weighted by Crippen LogP contribution is 2.32. The van der Waals surface area contributed by atoms with Crippen LogP contribution in [0, 0.1) is 0 Å². The Morgan fingerprint density at radius 2 is 2.12 bits per heavy atom. The normalized spacial score (nSPS) is 16.9. The van der Waals surface area contributed by atoms with E-state index in [1.165, 1.54) is 29.8 Å². The van der Waals surface area contributed by atoms with Crippen LogP contribution < -0.4 is 9.47 Å². The molecule has 2 heterocycles.